The molecular weight excluding hydrogens is 204 g/mol. The van der Waals surface area contributed by atoms with Crippen LogP contribution in [0.25, 0.3) is 0 Å². The molecule has 1 rings (SSSR count). The molecule has 13 heavy (non-hydrogen) atoms. The van der Waals surface area contributed by atoms with Gasteiger partial charge in [0.2, 0.25) is 0 Å². The fraction of sp³-hybridized carbons (Fsp3) is 0.222. The van der Waals surface area contributed by atoms with E-state index in [4.69, 9.17) is 16.7 Å². The number of benzene rings is 1. The van der Waals surface area contributed by atoms with Crippen molar-refractivity contribution in [1.82, 2.24) is 0 Å². The van der Waals surface area contributed by atoms with Crippen molar-refractivity contribution in [3.63, 3.8) is 0 Å². The van der Waals surface area contributed by atoms with Gasteiger partial charge in [0.1, 0.15) is 0 Å². The lowest BCUT2D eigenvalue weighted by atomic mass is 10.3. The van der Waals surface area contributed by atoms with Gasteiger partial charge in [-0.05, 0) is 47.4 Å². The summed E-state index contributed by atoms with van der Waals surface area (Å²) in [5, 5.41) is 8.56. The normalized spacial score (nSPS) is 12.9. The topological polar surface area (TPSA) is 29.3 Å². The molecule has 0 bridgehead atoms. The van der Waals surface area contributed by atoms with E-state index in [2.05, 4.69) is 0 Å². The van der Waals surface area contributed by atoms with Crippen molar-refractivity contribution in [3.8, 4) is 0 Å². The van der Waals surface area contributed by atoms with Crippen molar-refractivity contribution in [1.29, 1.82) is 0 Å². The number of nitrogens with two attached hydrogens (primary N) is 1. The molecule has 0 heterocycles. The second kappa shape index (κ2) is 4.65. The van der Waals surface area contributed by atoms with Crippen LogP contribution >= 0.6 is 22.5 Å². The van der Waals surface area contributed by atoms with Crippen LogP contribution in [0.15, 0.2) is 24.3 Å². The first-order valence-electron chi connectivity index (χ1n) is 3.91. The fourth-order valence-electron chi connectivity index (χ4n) is 0.931. The number of hydrogen-bond acceptors (Lipinski definition) is 2. The fourth-order valence-corrected chi connectivity index (χ4v) is 1.74. The maximum atomic E-state index is 5.85. The lowest BCUT2D eigenvalue weighted by molar-refractivity contribution is 1.35. The van der Waals surface area contributed by atoms with Crippen molar-refractivity contribution in [2.75, 3.05) is 11.4 Å². The van der Waals surface area contributed by atoms with Gasteiger partial charge in [-0.2, -0.15) is 0 Å². The summed E-state index contributed by atoms with van der Waals surface area (Å²) in [6.45, 7) is 1.95. The predicted octanol–water partition coefficient (Wildman–Crippen LogP) is 2.66. The summed E-state index contributed by atoms with van der Waals surface area (Å²) in [6, 6.07) is 7.64. The molecule has 0 radical (unpaired) electrons. The highest BCUT2D eigenvalue weighted by atomic mass is 35.5. The van der Waals surface area contributed by atoms with Gasteiger partial charge in [0, 0.05) is 17.8 Å². The van der Waals surface area contributed by atoms with Crippen molar-refractivity contribution in [2.45, 2.75) is 6.92 Å². The van der Waals surface area contributed by atoms with E-state index < -0.39 is 0 Å². The molecule has 0 saturated carbocycles. The number of halogens is 1. The second-order valence-electron chi connectivity index (χ2n) is 2.56. The molecular formula is C9H13ClN2S. The van der Waals surface area contributed by atoms with Gasteiger partial charge < -0.3 is 4.31 Å². The first kappa shape index (κ1) is 10.6. The summed E-state index contributed by atoms with van der Waals surface area (Å²) >= 11 is 5.77. The molecule has 0 aliphatic rings. The highest BCUT2D eigenvalue weighted by molar-refractivity contribution is 8.14. The highest BCUT2D eigenvalue weighted by Crippen LogP contribution is 2.22. The average Bonchev–Trinajstić information content (AvgIpc) is 2.17. The Morgan fingerprint density at radius 3 is 2.38 bits per heavy atom. The van der Waals surface area contributed by atoms with Gasteiger partial charge in [-0.15, -0.1) is 0 Å². The summed E-state index contributed by atoms with van der Waals surface area (Å²) in [4.78, 5) is 0. The summed E-state index contributed by atoms with van der Waals surface area (Å²) < 4.78 is 2.01. The molecule has 0 amide bonds. The summed E-state index contributed by atoms with van der Waals surface area (Å²) in [5.74, 6) is 0. The van der Waals surface area contributed by atoms with E-state index in [0.29, 0.717) is 0 Å². The van der Waals surface area contributed by atoms with Crippen LogP contribution < -0.4 is 9.44 Å². The van der Waals surface area contributed by atoms with Crippen LogP contribution in [0.1, 0.15) is 6.92 Å². The molecule has 0 aliphatic heterocycles. The molecule has 2 N–H and O–H groups in total. The molecule has 0 spiro atoms. The molecule has 1 aromatic carbocycles. The zero-order valence-electron chi connectivity index (χ0n) is 7.70. The summed E-state index contributed by atoms with van der Waals surface area (Å²) in [6.07, 6.45) is 0. The van der Waals surface area contributed by atoms with Gasteiger partial charge in [0.15, 0.2) is 0 Å². The Kier molecular flexibility index (Phi) is 3.78. The van der Waals surface area contributed by atoms with E-state index in [-0.39, 0.29) is 10.9 Å². The van der Waals surface area contributed by atoms with E-state index in [1.54, 1.807) is 0 Å². The van der Waals surface area contributed by atoms with Crippen LogP contribution in [-0.4, -0.2) is 12.4 Å². The van der Waals surface area contributed by atoms with Gasteiger partial charge in [-0.3, -0.25) is 5.14 Å². The van der Waals surface area contributed by atoms with Crippen molar-refractivity contribution in [2.24, 2.45) is 5.14 Å². The molecule has 72 valence electrons. The van der Waals surface area contributed by atoms with E-state index in [9.17, 15) is 0 Å². The van der Waals surface area contributed by atoms with Crippen LogP contribution in [0.5, 0.6) is 0 Å². The average molecular weight is 217 g/mol. The molecule has 1 unspecified atom stereocenters. The van der Waals surface area contributed by atoms with Crippen molar-refractivity contribution < 1.29 is 0 Å². The third-order valence-corrected chi connectivity index (χ3v) is 3.33. The molecule has 1 aromatic rings. The van der Waals surface area contributed by atoms with Crippen molar-refractivity contribution >= 4 is 33.5 Å². The van der Waals surface area contributed by atoms with Gasteiger partial charge >= 0.3 is 0 Å². The standard InChI is InChI=1S/C9H13ClN2S/c1-3-13(11)12(2)9-6-4-8(10)5-7-9/h3-7H,11H2,1-2H3. The first-order chi connectivity index (χ1) is 6.15. The van der Waals surface area contributed by atoms with Crippen molar-refractivity contribution in [3.05, 3.63) is 29.3 Å². The third kappa shape index (κ3) is 2.72. The van der Waals surface area contributed by atoms with Crippen LogP contribution in [0.3, 0.4) is 0 Å². The predicted molar refractivity (Wildman–Crippen MR) is 63.4 cm³/mol. The minimum absolute atomic E-state index is 0.314. The van der Waals surface area contributed by atoms with E-state index in [1.807, 2.05) is 47.9 Å². The van der Waals surface area contributed by atoms with Crippen LogP contribution in [0, 0.1) is 0 Å². The zero-order valence-corrected chi connectivity index (χ0v) is 9.27. The minimum Gasteiger partial charge on any atom is -0.314 e. The van der Waals surface area contributed by atoms with E-state index in [1.165, 1.54) is 0 Å². The smallest absolute Gasteiger partial charge is 0.0474 e. The summed E-state index contributed by atoms with van der Waals surface area (Å²) in [7, 11) is 1.65. The number of rotatable bonds is 2. The molecule has 0 aliphatic carbocycles. The van der Waals surface area contributed by atoms with Crippen LogP contribution in [-0.2, 0) is 0 Å². The molecule has 1 atom stereocenters. The third-order valence-electron chi connectivity index (χ3n) is 1.75. The first-order valence-corrected chi connectivity index (χ1v) is 5.60. The van der Waals surface area contributed by atoms with E-state index >= 15 is 0 Å². The van der Waals surface area contributed by atoms with Crippen LogP contribution in [0.4, 0.5) is 5.69 Å². The number of anilines is 1. The zero-order chi connectivity index (χ0) is 9.84. The van der Waals surface area contributed by atoms with E-state index in [0.717, 1.165) is 10.7 Å². The monoisotopic (exact) mass is 216 g/mol. The van der Waals surface area contributed by atoms with Gasteiger partial charge in [-0.1, -0.05) is 11.6 Å². The van der Waals surface area contributed by atoms with Crippen LogP contribution in [0.2, 0.25) is 5.02 Å². The van der Waals surface area contributed by atoms with Gasteiger partial charge in [0.05, 0.1) is 0 Å². The van der Waals surface area contributed by atoms with Gasteiger partial charge in [-0.25, -0.2) is 0 Å². The lowest BCUT2D eigenvalue weighted by Crippen LogP contribution is -2.14. The Morgan fingerprint density at radius 1 is 1.38 bits per heavy atom. The second-order valence-corrected chi connectivity index (χ2v) is 4.71. The summed E-state index contributed by atoms with van der Waals surface area (Å²) in [5.41, 5.74) is 1.08. The molecule has 0 aromatic heterocycles. The molecule has 0 fully saturated rings. The maximum absolute atomic E-state index is 5.85. The highest BCUT2D eigenvalue weighted by Gasteiger charge is 2.00. The Bertz CT molecular complexity index is 308. The Balaban J connectivity index is 2.89. The minimum atomic E-state index is -0.314. The Morgan fingerprint density at radius 2 is 1.92 bits per heavy atom. The molecule has 4 heteroatoms. The lowest BCUT2D eigenvalue weighted by Gasteiger charge is -2.19. The maximum Gasteiger partial charge on any atom is 0.0474 e. The van der Waals surface area contributed by atoms with Gasteiger partial charge in [0.25, 0.3) is 0 Å². The Hall–Kier alpha value is -0.510. The molecule has 2 nitrogen and oxygen atoms in total. The number of nitrogens with zero attached hydrogens (tertiary/aromatic N) is 1. The largest absolute Gasteiger partial charge is 0.314 e. The Labute approximate surface area is 86.5 Å². The SMILES string of the molecule is C/C=S(\N)N(C)c1ccc(Cl)cc1. The number of hydrogen-bond donors (Lipinski definition) is 1. The quantitative estimate of drug-likeness (QED) is 0.771. The molecule has 0 saturated heterocycles.